The van der Waals surface area contributed by atoms with Crippen LogP contribution in [0.5, 0.6) is 0 Å². The second-order valence-corrected chi connectivity index (χ2v) is 5.98. The number of carbonyl (C=O) groups is 2. The molecular formula is C12H17N5O2S. The zero-order valence-electron chi connectivity index (χ0n) is 10.9. The first-order valence-electron chi connectivity index (χ1n) is 6.72. The maximum absolute atomic E-state index is 12.1. The van der Waals surface area contributed by atoms with Crippen LogP contribution in [0.25, 0.3) is 0 Å². The molecule has 1 aliphatic heterocycles. The highest BCUT2D eigenvalue weighted by Crippen LogP contribution is 2.28. The maximum Gasteiger partial charge on any atom is 0.258 e. The summed E-state index contributed by atoms with van der Waals surface area (Å²) >= 11 is 1.18. The van der Waals surface area contributed by atoms with Gasteiger partial charge in [0.2, 0.25) is 5.91 Å². The molecule has 7 nitrogen and oxygen atoms in total. The van der Waals surface area contributed by atoms with Crippen molar-refractivity contribution in [2.45, 2.75) is 37.8 Å². The van der Waals surface area contributed by atoms with Gasteiger partial charge in [-0.1, -0.05) is 0 Å². The fraction of sp³-hybridized carbons (Fsp3) is 0.583. The molecule has 108 valence electrons. The van der Waals surface area contributed by atoms with E-state index in [4.69, 9.17) is 5.73 Å². The molecule has 3 rings (SSSR count). The number of amides is 2. The predicted molar refractivity (Wildman–Crippen MR) is 76.7 cm³/mol. The number of carbonyl (C=O) groups excluding carboxylic acids is 2. The molecule has 1 saturated heterocycles. The lowest BCUT2D eigenvalue weighted by Crippen LogP contribution is -2.32. The molecule has 0 radical (unpaired) electrons. The van der Waals surface area contributed by atoms with Crippen molar-refractivity contribution in [1.29, 1.82) is 0 Å². The molecular weight excluding hydrogens is 278 g/mol. The van der Waals surface area contributed by atoms with Crippen molar-refractivity contribution in [2.75, 3.05) is 17.6 Å². The summed E-state index contributed by atoms with van der Waals surface area (Å²) in [6, 6.07) is 0.383. The summed E-state index contributed by atoms with van der Waals surface area (Å²) in [5.41, 5.74) is 6.20. The number of rotatable bonds is 5. The standard InChI is InChI=1S/C12H17N5O2S/c13-10-9(11(19)16-6-1-2-6)12(20-17-10)14-5-7-3-4-8(18)15-7/h6-7,14H,1-5H2,(H2,13,17)(H,15,18)(H,16,19). The molecule has 2 amide bonds. The molecule has 0 bridgehead atoms. The molecule has 5 N–H and O–H groups in total. The number of nitrogens with zero attached hydrogens (tertiary/aromatic N) is 1. The minimum Gasteiger partial charge on any atom is -0.382 e. The van der Waals surface area contributed by atoms with Crippen LogP contribution < -0.4 is 21.7 Å². The lowest BCUT2D eigenvalue weighted by atomic mass is 10.2. The Labute approximate surface area is 120 Å². The SMILES string of the molecule is Nc1nsc(NCC2CCC(=O)N2)c1C(=O)NC1CC1. The van der Waals surface area contributed by atoms with E-state index in [9.17, 15) is 9.59 Å². The van der Waals surface area contributed by atoms with Crippen molar-refractivity contribution in [3.05, 3.63) is 5.56 Å². The average molecular weight is 295 g/mol. The van der Waals surface area contributed by atoms with Crippen LogP contribution in [0.2, 0.25) is 0 Å². The molecule has 2 heterocycles. The summed E-state index contributed by atoms with van der Waals surface area (Å²) < 4.78 is 4.03. The minimum atomic E-state index is -0.170. The van der Waals surface area contributed by atoms with E-state index in [0.717, 1.165) is 19.3 Å². The summed E-state index contributed by atoms with van der Waals surface area (Å²) in [6.07, 6.45) is 3.43. The van der Waals surface area contributed by atoms with E-state index in [1.54, 1.807) is 0 Å². The first-order valence-corrected chi connectivity index (χ1v) is 7.50. The van der Waals surface area contributed by atoms with Crippen molar-refractivity contribution in [2.24, 2.45) is 0 Å². The Hall–Kier alpha value is -1.83. The Morgan fingerprint density at radius 3 is 2.90 bits per heavy atom. The fourth-order valence-corrected chi connectivity index (χ4v) is 2.89. The monoisotopic (exact) mass is 295 g/mol. The second-order valence-electron chi connectivity index (χ2n) is 5.20. The van der Waals surface area contributed by atoms with Crippen LogP contribution in [0.1, 0.15) is 36.0 Å². The highest BCUT2D eigenvalue weighted by atomic mass is 32.1. The summed E-state index contributed by atoms with van der Waals surface area (Å²) in [7, 11) is 0. The van der Waals surface area contributed by atoms with E-state index in [0.29, 0.717) is 23.5 Å². The molecule has 20 heavy (non-hydrogen) atoms. The van der Waals surface area contributed by atoms with Gasteiger partial charge in [-0.25, -0.2) is 0 Å². The molecule has 2 aliphatic rings. The van der Waals surface area contributed by atoms with Crippen LogP contribution in [-0.2, 0) is 4.79 Å². The van der Waals surface area contributed by atoms with Gasteiger partial charge in [-0.3, -0.25) is 9.59 Å². The summed E-state index contributed by atoms with van der Waals surface area (Å²) in [6.45, 7) is 0.580. The minimum absolute atomic E-state index is 0.0762. The van der Waals surface area contributed by atoms with Crippen LogP contribution in [-0.4, -0.2) is 34.8 Å². The molecule has 1 unspecified atom stereocenters. The zero-order valence-corrected chi connectivity index (χ0v) is 11.8. The number of hydrogen-bond acceptors (Lipinski definition) is 6. The van der Waals surface area contributed by atoms with Gasteiger partial charge in [0.05, 0.1) is 0 Å². The van der Waals surface area contributed by atoms with Crippen molar-refractivity contribution in [3.63, 3.8) is 0 Å². The normalized spacial score (nSPS) is 21.6. The maximum atomic E-state index is 12.1. The van der Waals surface area contributed by atoms with Crippen molar-refractivity contribution in [1.82, 2.24) is 15.0 Å². The predicted octanol–water partition coefficient (Wildman–Crippen LogP) is 0.308. The number of nitrogens with one attached hydrogen (secondary N) is 3. The number of nitrogen functional groups attached to an aromatic ring is 1. The first kappa shape index (κ1) is 13.2. The fourth-order valence-electron chi connectivity index (χ4n) is 2.17. The summed E-state index contributed by atoms with van der Waals surface area (Å²) in [4.78, 5) is 23.3. The van der Waals surface area contributed by atoms with Crippen molar-refractivity contribution < 1.29 is 9.59 Å². The van der Waals surface area contributed by atoms with Crippen LogP contribution >= 0.6 is 11.5 Å². The van der Waals surface area contributed by atoms with Crippen molar-refractivity contribution >= 4 is 34.2 Å². The lowest BCUT2D eigenvalue weighted by Gasteiger charge is -2.12. The summed E-state index contributed by atoms with van der Waals surface area (Å²) in [5.74, 6) is 0.162. The molecule has 1 saturated carbocycles. The Morgan fingerprint density at radius 2 is 2.25 bits per heavy atom. The van der Waals surface area contributed by atoms with E-state index < -0.39 is 0 Å². The number of hydrogen-bond donors (Lipinski definition) is 4. The third-order valence-corrected chi connectivity index (χ3v) is 4.27. The smallest absolute Gasteiger partial charge is 0.258 e. The average Bonchev–Trinajstić information content (AvgIpc) is 2.99. The van der Waals surface area contributed by atoms with E-state index in [-0.39, 0.29) is 29.7 Å². The van der Waals surface area contributed by atoms with E-state index >= 15 is 0 Å². The highest BCUT2D eigenvalue weighted by molar-refractivity contribution is 7.11. The van der Waals surface area contributed by atoms with Gasteiger partial charge in [0.15, 0.2) is 5.82 Å². The Kier molecular flexibility index (Phi) is 3.47. The van der Waals surface area contributed by atoms with Crippen LogP contribution in [0.15, 0.2) is 0 Å². The number of anilines is 2. The quantitative estimate of drug-likeness (QED) is 0.625. The van der Waals surface area contributed by atoms with Gasteiger partial charge in [0.25, 0.3) is 5.91 Å². The van der Waals surface area contributed by atoms with E-state index in [1.165, 1.54) is 11.5 Å². The first-order chi connectivity index (χ1) is 9.63. The Bertz CT molecular complexity index is 540. The molecule has 0 spiro atoms. The molecule has 1 aliphatic carbocycles. The van der Waals surface area contributed by atoms with Gasteiger partial charge in [-0.2, -0.15) is 4.37 Å². The van der Waals surface area contributed by atoms with E-state index in [2.05, 4.69) is 20.3 Å². The topological polar surface area (TPSA) is 109 Å². The molecule has 1 aromatic rings. The van der Waals surface area contributed by atoms with Crippen LogP contribution in [0, 0.1) is 0 Å². The Morgan fingerprint density at radius 1 is 1.45 bits per heavy atom. The van der Waals surface area contributed by atoms with Gasteiger partial charge in [0.1, 0.15) is 10.6 Å². The van der Waals surface area contributed by atoms with Gasteiger partial charge in [-0.05, 0) is 30.8 Å². The number of aromatic nitrogens is 1. The zero-order chi connectivity index (χ0) is 14.1. The van der Waals surface area contributed by atoms with Crippen LogP contribution in [0.4, 0.5) is 10.8 Å². The van der Waals surface area contributed by atoms with E-state index in [1.807, 2.05) is 0 Å². The third kappa shape index (κ3) is 2.84. The van der Waals surface area contributed by atoms with Gasteiger partial charge in [0, 0.05) is 25.0 Å². The Balaban J connectivity index is 1.63. The molecule has 0 aromatic carbocycles. The third-order valence-electron chi connectivity index (χ3n) is 3.45. The van der Waals surface area contributed by atoms with Crippen LogP contribution in [0.3, 0.4) is 0 Å². The van der Waals surface area contributed by atoms with Gasteiger partial charge >= 0.3 is 0 Å². The van der Waals surface area contributed by atoms with Gasteiger partial charge in [-0.15, -0.1) is 0 Å². The highest BCUT2D eigenvalue weighted by Gasteiger charge is 2.28. The molecule has 1 atom stereocenters. The summed E-state index contributed by atoms with van der Waals surface area (Å²) in [5, 5.41) is 9.62. The molecule has 8 heteroatoms. The number of nitrogens with two attached hydrogens (primary N) is 1. The molecule has 2 fully saturated rings. The largest absolute Gasteiger partial charge is 0.382 e. The molecule has 1 aromatic heterocycles. The van der Waals surface area contributed by atoms with Crippen molar-refractivity contribution in [3.8, 4) is 0 Å². The lowest BCUT2D eigenvalue weighted by molar-refractivity contribution is -0.119. The van der Waals surface area contributed by atoms with Gasteiger partial charge < -0.3 is 21.7 Å². The second kappa shape index (κ2) is 5.28.